The van der Waals surface area contributed by atoms with Gasteiger partial charge in [-0.3, -0.25) is 4.79 Å². The van der Waals surface area contributed by atoms with Gasteiger partial charge in [-0.05, 0) is 42.3 Å². The highest BCUT2D eigenvalue weighted by atomic mass is 19.2. The molecule has 2 N–H and O–H groups in total. The number of rotatable bonds is 6. The predicted molar refractivity (Wildman–Crippen MR) is 97.1 cm³/mol. The highest BCUT2D eigenvalue weighted by molar-refractivity contribution is 6.04. The molecule has 4 nitrogen and oxygen atoms in total. The normalized spacial score (nSPS) is 10.5. The van der Waals surface area contributed by atoms with Crippen molar-refractivity contribution in [2.75, 3.05) is 17.2 Å². The van der Waals surface area contributed by atoms with Gasteiger partial charge in [0.2, 0.25) is 0 Å². The fourth-order valence-electron chi connectivity index (χ4n) is 2.47. The molecule has 1 heterocycles. The number of halogens is 3. The highest BCUT2D eigenvalue weighted by Gasteiger charge is 2.10. The quantitative estimate of drug-likeness (QED) is 0.675. The van der Waals surface area contributed by atoms with Crippen molar-refractivity contribution in [3.8, 4) is 0 Å². The van der Waals surface area contributed by atoms with Crippen LogP contribution >= 0.6 is 0 Å². The van der Waals surface area contributed by atoms with Crippen molar-refractivity contribution < 1.29 is 18.0 Å². The fraction of sp³-hybridized carbons (Fsp3) is 0.100. The standard InChI is InChI=1S/C20H16F3N3O/c21-16-4-2-1-3-13(16)7-9-24-19-11-14(8-10-25-19)20(27)26-15-5-6-17(22)18(23)12-15/h1-6,8,10-12H,7,9H2,(H,24,25)(H,26,27). The van der Waals surface area contributed by atoms with Crippen molar-refractivity contribution in [2.24, 2.45) is 0 Å². The molecule has 3 aromatic rings. The molecule has 0 fully saturated rings. The van der Waals surface area contributed by atoms with Gasteiger partial charge in [-0.15, -0.1) is 0 Å². The molecule has 0 saturated heterocycles. The number of benzene rings is 2. The van der Waals surface area contributed by atoms with Crippen molar-refractivity contribution in [3.63, 3.8) is 0 Å². The Morgan fingerprint density at radius 1 is 0.926 bits per heavy atom. The minimum Gasteiger partial charge on any atom is -0.370 e. The van der Waals surface area contributed by atoms with E-state index in [0.717, 1.165) is 12.1 Å². The number of aromatic nitrogens is 1. The van der Waals surface area contributed by atoms with Crippen LogP contribution in [0.1, 0.15) is 15.9 Å². The molecule has 0 radical (unpaired) electrons. The van der Waals surface area contributed by atoms with Crippen LogP contribution in [0.4, 0.5) is 24.7 Å². The third kappa shape index (κ3) is 4.84. The summed E-state index contributed by atoms with van der Waals surface area (Å²) in [5.74, 6) is -2.34. The number of carbonyl (C=O) groups is 1. The summed E-state index contributed by atoms with van der Waals surface area (Å²) in [5.41, 5.74) is 1.02. The number of nitrogens with one attached hydrogen (secondary N) is 2. The van der Waals surface area contributed by atoms with Crippen LogP contribution in [0.2, 0.25) is 0 Å². The summed E-state index contributed by atoms with van der Waals surface area (Å²) in [6, 6.07) is 12.6. The summed E-state index contributed by atoms with van der Waals surface area (Å²) in [4.78, 5) is 16.4. The molecule has 0 spiro atoms. The number of nitrogens with zero attached hydrogens (tertiary/aromatic N) is 1. The lowest BCUT2D eigenvalue weighted by Gasteiger charge is -2.09. The fourth-order valence-corrected chi connectivity index (χ4v) is 2.47. The average Bonchev–Trinajstić information content (AvgIpc) is 2.66. The lowest BCUT2D eigenvalue weighted by molar-refractivity contribution is 0.102. The molecule has 1 amide bonds. The summed E-state index contributed by atoms with van der Waals surface area (Å²) in [6.07, 6.45) is 1.91. The number of carbonyl (C=O) groups excluding carboxylic acids is 1. The zero-order chi connectivity index (χ0) is 19.2. The van der Waals surface area contributed by atoms with E-state index < -0.39 is 17.5 Å². The van der Waals surface area contributed by atoms with E-state index in [1.54, 1.807) is 18.2 Å². The Balaban J connectivity index is 1.61. The first-order valence-corrected chi connectivity index (χ1v) is 8.22. The van der Waals surface area contributed by atoms with Gasteiger partial charge in [-0.25, -0.2) is 18.2 Å². The van der Waals surface area contributed by atoms with Crippen molar-refractivity contribution >= 4 is 17.4 Å². The summed E-state index contributed by atoms with van der Waals surface area (Å²) < 4.78 is 39.8. The Morgan fingerprint density at radius 3 is 2.52 bits per heavy atom. The molecule has 0 aliphatic rings. The molecule has 0 aliphatic heterocycles. The number of hydrogen-bond acceptors (Lipinski definition) is 3. The molecule has 0 aliphatic carbocycles. The van der Waals surface area contributed by atoms with Gasteiger partial charge in [0.15, 0.2) is 11.6 Å². The zero-order valence-corrected chi connectivity index (χ0v) is 14.2. The van der Waals surface area contributed by atoms with E-state index in [1.165, 1.54) is 30.5 Å². The van der Waals surface area contributed by atoms with Crippen molar-refractivity contribution in [1.82, 2.24) is 4.98 Å². The van der Waals surface area contributed by atoms with Crippen LogP contribution in [0.25, 0.3) is 0 Å². The molecule has 27 heavy (non-hydrogen) atoms. The lowest BCUT2D eigenvalue weighted by atomic mass is 10.1. The second-order valence-electron chi connectivity index (χ2n) is 5.78. The van der Waals surface area contributed by atoms with Gasteiger partial charge in [0.25, 0.3) is 5.91 Å². The first-order valence-electron chi connectivity index (χ1n) is 8.22. The van der Waals surface area contributed by atoms with Crippen molar-refractivity contribution in [2.45, 2.75) is 6.42 Å². The Kier molecular flexibility index (Phi) is 5.71. The molecular weight excluding hydrogens is 355 g/mol. The minimum atomic E-state index is -1.04. The maximum absolute atomic E-state index is 13.6. The molecule has 1 aromatic heterocycles. The number of anilines is 2. The molecular formula is C20H16F3N3O. The molecule has 0 unspecified atom stereocenters. The van der Waals surface area contributed by atoms with Crippen LogP contribution in [-0.4, -0.2) is 17.4 Å². The van der Waals surface area contributed by atoms with Crippen LogP contribution < -0.4 is 10.6 Å². The summed E-state index contributed by atoms with van der Waals surface area (Å²) in [6.45, 7) is 0.433. The van der Waals surface area contributed by atoms with Crippen LogP contribution in [0.15, 0.2) is 60.8 Å². The lowest BCUT2D eigenvalue weighted by Crippen LogP contribution is -2.13. The van der Waals surface area contributed by atoms with E-state index in [4.69, 9.17) is 0 Å². The van der Waals surface area contributed by atoms with E-state index in [9.17, 15) is 18.0 Å². The third-order valence-electron chi connectivity index (χ3n) is 3.86. The van der Waals surface area contributed by atoms with Crippen molar-refractivity contribution in [3.05, 3.63) is 89.4 Å². The first-order chi connectivity index (χ1) is 13.0. The van der Waals surface area contributed by atoms with E-state index in [2.05, 4.69) is 15.6 Å². The van der Waals surface area contributed by atoms with Crippen LogP contribution in [0, 0.1) is 17.5 Å². The maximum Gasteiger partial charge on any atom is 0.255 e. The third-order valence-corrected chi connectivity index (χ3v) is 3.86. The smallest absolute Gasteiger partial charge is 0.255 e. The second-order valence-corrected chi connectivity index (χ2v) is 5.78. The summed E-state index contributed by atoms with van der Waals surface area (Å²) in [7, 11) is 0. The van der Waals surface area contributed by atoms with Gasteiger partial charge in [-0.1, -0.05) is 18.2 Å². The molecule has 138 valence electrons. The van der Waals surface area contributed by atoms with Gasteiger partial charge in [-0.2, -0.15) is 0 Å². The van der Waals surface area contributed by atoms with Gasteiger partial charge in [0.1, 0.15) is 11.6 Å². The van der Waals surface area contributed by atoms with Gasteiger partial charge in [0, 0.05) is 30.1 Å². The Bertz CT molecular complexity index is 963. The largest absolute Gasteiger partial charge is 0.370 e. The molecule has 2 aromatic carbocycles. The Morgan fingerprint density at radius 2 is 1.74 bits per heavy atom. The van der Waals surface area contributed by atoms with E-state index in [-0.39, 0.29) is 11.5 Å². The zero-order valence-electron chi connectivity index (χ0n) is 14.2. The van der Waals surface area contributed by atoms with E-state index in [0.29, 0.717) is 29.9 Å². The monoisotopic (exact) mass is 371 g/mol. The molecule has 0 saturated carbocycles. The molecule has 0 atom stereocenters. The van der Waals surface area contributed by atoms with Crippen LogP contribution in [0.3, 0.4) is 0 Å². The molecule has 7 heteroatoms. The Hall–Kier alpha value is -3.35. The first kappa shape index (κ1) is 18.4. The number of pyridine rings is 1. The van der Waals surface area contributed by atoms with Gasteiger partial charge < -0.3 is 10.6 Å². The summed E-state index contributed by atoms with van der Waals surface area (Å²) in [5, 5.41) is 5.52. The van der Waals surface area contributed by atoms with Crippen molar-refractivity contribution in [1.29, 1.82) is 0 Å². The van der Waals surface area contributed by atoms with Crippen LogP contribution in [-0.2, 0) is 6.42 Å². The second kappa shape index (κ2) is 8.35. The topological polar surface area (TPSA) is 54.0 Å². The Labute approximate surface area is 154 Å². The minimum absolute atomic E-state index is 0.143. The molecule has 3 rings (SSSR count). The van der Waals surface area contributed by atoms with Gasteiger partial charge >= 0.3 is 0 Å². The van der Waals surface area contributed by atoms with Crippen LogP contribution in [0.5, 0.6) is 0 Å². The molecule has 0 bridgehead atoms. The number of amides is 1. The van der Waals surface area contributed by atoms with Gasteiger partial charge in [0.05, 0.1) is 0 Å². The maximum atomic E-state index is 13.6. The van der Waals surface area contributed by atoms with E-state index >= 15 is 0 Å². The average molecular weight is 371 g/mol. The van der Waals surface area contributed by atoms with E-state index in [1.807, 2.05) is 0 Å². The summed E-state index contributed by atoms with van der Waals surface area (Å²) >= 11 is 0. The SMILES string of the molecule is O=C(Nc1ccc(F)c(F)c1)c1ccnc(NCCc2ccccc2F)c1. The highest BCUT2D eigenvalue weighted by Crippen LogP contribution is 2.15. The number of hydrogen-bond donors (Lipinski definition) is 2. The predicted octanol–water partition coefficient (Wildman–Crippen LogP) is 4.41.